The molecule has 0 bridgehead atoms. The topological polar surface area (TPSA) is 96.7 Å². The molecule has 1 aromatic heterocycles. The second-order valence-electron chi connectivity index (χ2n) is 10.0. The van der Waals surface area contributed by atoms with Crippen molar-refractivity contribution in [2.75, 3.05) is 13.1 Å². The normalized spacial score (nSPS) is 20.0. The van der Waals surface area contributed by atoms with E-state index in [1.165, 1.54) is 0 Å². The third-order valence-electron chi connectivity index (χ3n) is 5.01. The zero-order valence-corrected chi connectivity index (χ0v) is 21.3. The highest BCUT2D eigenvalue weighted by atomic mass is 32.2. The van der Waals surface area contributed by atoms with E-state index in [2.05, 4.69) is 36.4 Å². The molecule has 8 nitrogen and oxygen atoms in total. The Morgan fingerprint density at radius 2 is 1.97 bits per heavy atom. The molecule has 178 valence electrons. The second-order valence-corrected chi connectivity index (χ2v) is 12.5. The number of nitrogens with zero attached hydrogens (tertiary/aromatic N) is 2. The van der Waals surface area contributed by atoms with Gasteiger partial charge in [-0.3, -0.25) is 4.79 Å². The van der Waals surface area contributed by atoms with Crippen LogP contribution in [0.15, 0.2) is 21.1 Å². The van der Waals surface area contributed by atoms with Crippen molar-refractivity contribution in [2.45, 2.75) is 76.7 Å². The van der Waals surface area contributed by atoms with E-state index in [4.69, 9.17) is 9.15 Å². The molecule has 2 amide bonds. The lowest BCUT2D eigenvalue weighted by atomic mass is 9.94. The molecule has 0 aromatic carbocycles. The Bertz CT molecular complexity index is 849. The molecule has 2 N–H and O–H groups in total. The lowest BCUT2D eigenvalue weighted by molar-refractivity contribution is -0.126. The first-order valence-electron chi connectivity index (χ1n) is 10.9. The van der Waals surface area contributed by atoms with Crippen molar-refractivity contribution in [2.24, 2.45) is 5.92 Å². The van der Waals surface area contributed by atoms with Gasteiger partial charge < -0.3 is 24.7 Å². The molecule has 2 aliphatic heterocycles. The SMILES string of the molecule is CC(C)(C)OC(=O)N1CCC(C(=O)NC2NC=C(SCc3ncc(C(C)(C)C)o3)S2)CC1. The number of amides is 2. The molecule has 0 aliphatic carbocycles. The molecule has 1 unspecified atom stereocenters. The van der Waals surface area contributed by atoms with Gasteiger partial charge in [0.05, 0.1) is 16.2 Å². The van der Waals surface area contributed by atoms with Gasteiger partial charge in [-0.15, -0.1) is 11.8 Å². The smallest absolute Gasteiger partial charge is 0.410 e. The fourth-order valence-corrected chi connectivity index (χ4v) is 5.20. The van der Waals surface area contributed by atoms with Crippen LogP contribution in [-0.4, -0.2) is 46.1 Å². The largest absolute Gasteiger partial charge is 0.444 e. The van der Waals surface area contributed by atoms with Gasteiger partial charge in [-0.2, -0.15) is 0 Å². The van der Waals surface area contributed by atoms with Gasteiger partial charge >= 0.3 is 6.09 Å². The molecule has 0 spiro atoms. The van der Waals surface area contributed by atoms with E-state index in [1.807, 2.05) is 27.0 Å². The van der Waals surface area contributed by atoms with Gasteiger partial charge in [-0.05, 0) is 33.6 Å². The number of hydrogen-bond donors (Lipinski definition) is 2. The number of nitrogens with one attached hydrogen (secondary N) is 2. The summed E-state index contributed by atoms with van der Waals surface area (Å²) in [5, 5.41) is 6.26. The minimum atomic E-state index is -0.513. The summed E-state index contributed by atoms with van der Waals surface area (Å²) >= 11 is 3.20. The Labute approximate surface area is 198 Å². The molecule has 1 atom stereocenters. The van der Waals surface area contributed by atoms with Crippen LogP contribution >= 0.6 is 23.5 Å². The van der Waals surface area contributed by atoms with E-state index >= 15 is 0 Å². The molecule has 1 aromatic rings. The molecular weight excluding hydrogens is 448 g/mol. The fraction of sp³-hybridized carbons (Fsp3) is 0.682. The third kappa shape index (κ3) is 7.10. The highest BCUT2D eigenvalue weighted by molar-refractivity contribution is 8.22. The number of oxazole rings is 1. The minimum Gasteiger partial charge on any atom is -0.444 e. The van der Waals surface area contributed by atoms with Crippen LogP contribution in [0.1, 0.15) is 66.0 Å². The number of aromatic nitrogens is 1. The summed E-state index contributed by atoms with van der Waals surface area (Å²) in [7, 11) is 0. The van der Waals surface area contributed by atoms with Gasteiger partial charge in [0.1, 0.15) is 11.4 Å². The first-order chi connectivity index (χ1) is 14.9. The summed E-state index contributed by atoms with van der Waals surface area (Å²) in [6.45, 7) is 12.9. The Morgan fingerprint density at radius 1 is 1.28 bits per heavy atom. The molecule has 3 rings (SSSR count). The molecule has 3 heterocycles. The summed E-state index contributed by atoms with van der Waals surface area (Å²) in [5.74, 6) is 2.13. The first kappa shape index (κ1) is 24.8. The molecular formula is C22H34N4O4S2. The van der Waals surface area contributed by atoms with Crippen LogP contribution in [0, 0.1) is 5.92 Å². The maximum Gasteiger partial charge on any atom is 0.410 e. The van der Waals surface area contributed by atoms with E-state index in [0.717, 1.165) is 10.00 Å². The van der Waals surface area contributed by atoms with Crippen LogP contribution in [0.2, 0.25) is 0 Å². The molecule has 1 fully saturated rings. The van der Waals surface area contributed by atoms with Gasteiger partial charge in [0.25, 0.3) is 0 Å². The van der Waals surface area contributed by atoms with Crippen LogP contribution in [-0.2, 0) is 20.7 Å². The maximum absolute atomic E-state index is 12.7. The van der Waals surface area contributed by atoms with Crippen molar-refractivity contribution in [1.29, 1.82) is 0 Å². The summed E-state index contributed by atoms with van der Waals surface area (Å²) < 4.78 is 12.3. The predicted octanol–water partition coefficient (Wildman–Crippen LogP) is 4.39. The maximum atomic E-state index is 12.7. The van der Waals surface area contributed by atoms with Crippen molar-refractivity contribution in [1.82, 2.24) is 20.5 Å². The van der Waals surface area contributed by atoms with Crippen LogP contribution in [0.5, 0.6) is 0 Å². The molecule has 32 heavy (non-hydrogen) atoms. The van der Waals surface area contributed by atoms with Crippen molar-refractivity contribution in [3.8, 4) is 0 Å². The van der Waals surface area contributed by atoms with Gasteiger partial charge in [0.15, 0.2) is 5.50 Å². The lowest BCUT2D eigenvalue weighted by Gasteiger charge is -2.33. The molecule has 2 aliphatic rings. The van der Waals surface area contributed by atoms with Crippen molar-refractivity contribution >= 4 is 35.5 Å². The number of likely N-dealkylation sites (tertiary alicyclic amines) is 1. The van der Waals surface area contributed by atoms with Gasteiger partial charge in [0, 0.05) is 30.6 Å². The summed E-state index contributed by atoms with van der Waals surface area (Å²) in [4.78, 5) is 30.9. The van der Waals surface area contributed by atoms with E-state index in [1.54, 1.807) is 34.6 Å². The number of rotatable bonds is 5. The summed E-state index contributed by atoms with van der Waals surface area (Å²) in [6.07, 6.45) is 4.67. The Morgan fingerprint density at radius 3 is 2.56 bits per heavy atom. The molecule has 0 radical (unpaired) electrons. The zero-order chi connectivity index (χ0) is 23.5. The monoisotopic (exact) mass is 482 g/mol. The van der Waals surface area contributed by atoms with Crippen LogP contribution in [0.3, 0.4) is 0 Å². The minimum absolute atomic E-state index is 0.0148. The fourth-order valence-electron chi connectivity index (χ4n) is 3.23. The summed E-state index contributed by atoms with van der Waals surface area (Å²) in [5.41, 5.74) is -0.762. The van der Waals surface area contributed by atoms with Gasteiger partial charge in [0.2, 0.25) is 11.8 Å². The number of thioether (sulfide) groups is 2. The predicted molar refractivity (Wildman–Crippen MR) is 128 cm³/mol. The van der Waals surface area contributed by atoms with Crippen LogP contribution < -0.4 is 10.6 Å². The molecule has 10 heteroatoms. The summed E-state index contributed by atoms with van der Waals surface area (Å²) in [6, 6.07) is 0. The highest BCUT2D eigenvalue weighted by Gasteiger charge is 2.31. The van der Waals surface area contributed by atoms with Crippen molar-refractivity contribution < 1.29 is 18.7 Å². The average Bonchev–Trinajstić information content (AvgIpc) is 3.34. The highest BCUT2D eigenvalue weighted by Crippen LogP contribution is 2.36. The standard InChI is InChI=1S/C22H34N4O4S2/c1-21(2,3)15-11-23-16(29-15)13-31-17-12-24-19(32-17)25-18(27)14-7-9-26(10-8-14)20(28)30-22(4,5)6/h11-12,14,19,24H,7-10,13H2,1-6H3,(H,25,27). The van der Waals surface area contributed by atoms with Gasteiger partial charge in [-0.1, -0.05) is 32.5 Å². The second kappa shape index (κ2) is 9.99. The number of carbonyl (C=O) groups is 2. The first-order valence-corrected chi connectivity index (χ1v) is 12.8. The Kier molecular flexibility index (Phi) is 7.75. The molecule has 1 saturated heterocycles. The quantitative estimate of drug-likeness (QED) is 0.638. The number of hydrogen-bond acceptors (Lipinski definition) is 8. The van der Waals surface area contributed by atoms with Crippen LogP contribution in [0.25, 0.3) is 0 Å². The lowest BCUT2D eigenvalue weighted by Crippen LogP contribution is -2.47. The van der Waals surface area contributed by atoms with E-state index in [0.29, 0.717) is 37.6 Å². The number of ether oxygens (including phenoxy) is 1. The number of piperidine rings is 1. The van der Waals surface area contributed by atoms with Gasteiger partial charge in [-0.25, -0.2) is 9.78 Å². The van der Waals surface area contributed by atoms with Crippen LogP contribution in [0.4, 0.5) is 4.79 Å². The Balaban J connectivity index is 1.37. The Hall–Kier alpha value is -1.81. The average molecular weight is 483 g/mol. The molecule has 0 saturated carbocycles. The number of carbonyl (C=O) groups excluding carboxylic acids is 2. The van der Waals surface area contributed by atoms with Crippen molar-refractivity contribution in [3.63, 3.8) is 0 Å². The van der Waals surface area contributed by atoms with E-state index < -0.39 is 5.60 Å². The van der Waals surface area contributed by atoms with Crippen molar-refractivity contribution in [3.05, 3.63) is 28.3 Å². The third-order valence-corrected chi connectivity index (χ3v) is 7.28. The van der Waals surface area contributed by atoms with E-state index in [-0.39, 0.29) is 28.8 Å². The zero-order valence-electron chi connectivity index (χ0n) is 19.7. The van der Waals surface area contributed by atoms with E-state index in [9.17, 15) is 9.59 Å².